The second-order valence-electron chi connectivity index (χ2n) is 4.60. The first-order chi connectivity index (χ1) is 8.72. The van der Waals surface area contributed by atoms with Crippen LogP contribution in [0.2, 0.25) is 0 Å². The van der Waals surface area contributed by atoms with Gasteiger partial charge >= 0.3 is 0 Å². The molecule has 1 saturated heterocycles. The zero-order chi connectivity index (χ0) is 13.0. The number of thioether (sulfide) groups is 1. The van der Waals surface area contributed by atoms with Gasteiger partial charge in [0.25, 0.3) is 5.91 Å². The summed E-state index contributed by atoms with van der Waals surface area (Å²) in [7, 11) is 0. The fraction of sp³-hybridized carbons (Fsp3) is 0.667. The lowest BCUT2D eigenvalue weighted by Gasteiger charge is -2.22. The summed E-state index contributed by atoms with van der Waals surface area (Å²) >= 11 is 1.88. The van der Waals surface area contributed by atoms with Gasteiger partial charge in [-0.1, -0.05) is 13.3 Å². The fourth-order valence-corrected chi connectivity index (χ4v) is 3.18. The number of nitrogen functional groups attached to an aromatic ring is 1. The SMILES string of the molecule is CCCc1[nH]nc(C(=O)NC2CCCSC2)c1N. The zero-order valence-electron chi connectivity index (χ0n) is 10.7. The van der Waals surface area contributed by atoms with Gasteiger partial charge in [-0.2, -0.15) is 16.9 Å². The molecule has 6 heteroatoms. The third-order valence-electron chi connectivity index (χ3n) is 3.09. The first-order valence-electron chi connectivity index (χ1n) is 6.43. The summed E-state index contributed by atoms with van der Waals surface area (Å²) in [6.45, 7) is 2.07. The topological polar surface area (TPSA) is 83.8 Å². The Bertz CT molecular complexity index is 412. The van der Waals surface area contributed by atoms with Crippen LogP contribution in [-0.4, -0.2) is 33.7 Å². The Kier molecular flexibility index (Phi) is 4.52. The van der Waals surface area contributed by atoms with Crippen molar-refractivity contribution in [1.29, 1.82) is 0 Å². The molecule has 1 unspecified atom stereocenters. The van der Waals surface area contributed by atoms with Gasteiger partial charge in [0.15, 0.2) is 5.69 Å². The molecular weight excluding hydrogens is 248 g/mol. The Morgan fingerprint density at radius 3 is 3.17 bits per heavy atom. The van der Waals surface area contributed by atoms with Crippen LogP contribution in [0.15, 0.2) is 0 Å². The quantitative estimate of drug-likeness (QED) is 0.774. The second kappa shape index (κ2) is 6.13. The summed E-state index contributed by atoms with van der Waals surface area (Å²) in [5.74, 6) is 2.02. The minimum Gasteiger partial charge on any atom is -0.395 e. The van der Waals surface area contributed by atoms with E-state index >= 15 is 0 Å². The second-order valence-corrected chi connectivity index (χ2v) is 5.75. The lowest BCUT2D eigenvalue weighted by atomic mass is 10.1. The van der Waals surface area contributed by atoms with E-state index in [9.17, 15) is 4.79 Å². The van der Waals surface area contributed by atoms with Crippen molar-refractivity contribution in [2.75, 3.05) is 17.2 Å². The van der Waals surface area contributed by atoms with E-state index < -0.39 is 0 Å². The average Bonchev–Trinajstić information content (AvgIpc) is 2.73. The Morgan fingerprint density at radius 2 is 2.50 bits per heavy atom. The van der Waals surface area contributed by atoms with Crippen molar-refractivity contribution in [3.8, 4) is 0 Å². The van der Waals surface area contributed by atoms with Crippen molar-refractivity contribution in [2.24, 2.45) is 0 Å². The van der Waals surface area contributed by atoms with Gasteiger partial charge in [-0.25, -0.2) is 0 Å². The molecule has 1 amide bonds. The zero-order valence-corrected chi connectivity index (χ0v) is 11.5. The molecule has 5 nitrogen and oxygen atoms in total. The number of amides is 1. The van der Waals surface area contributed by atoms with Crippen LogP contribution in [-0.2, 0) is 6.42 Å². The molecule has 0 saturated carbocycles. The predicted molar refractivity (Wildman–Crippen MR) is 74.8 cm³/mol. The lowest BCUT2D eigenvalue weighted by Crippen LogP contribution is -2.38. The van der Waals surface area contributed by atoms with Crippen LogP contribution in [0, 0.1) is 0 Å². The number of carbonyl (C=O) groups is 1. The molecule has 2 rings (SSSR count). The molecule has 2 heterocycles. The molecule has 0 radical (unpaired) electrons. The molecule has 1 aromatic rings. The van der Waals surface area contributed by atoms with Gasteiger partial charge in [0.2, 0.25) is 0 Å². The Balaban J connectivity index is 1.99. The monoisotopic (exact) mass is 268 g/mol. The van der Waals surface area contributed by atoms with Gasteiger partial charge in [-0.15, -0.1) is 0 Å². The molecule has 1 aliphatic rings. The Morgan fingerprint density at radius 1 is 1.67 bits per heavy atom. The van der Waals surface area contributed by atoms with Crippen LogP contribution < -0.4 is 11.1 Å². The molecule has 1 aromatic heterocycles. The summed E-state index contributed by atoms with van der Waals surface area (Å²) in [6.07, 6.45) is 4.01. The highest BCUT2D eigenvalue weighted by Crippen LogP contribution is 2.19. The standard InChI is InChI=1S/C12H20N4OS/c1-2-4-9-10(13)11(16-15-9)12(17)14-8-5-3-6-18-7-8/h8H,2-7,13H2,1H3,(H,14,17)(H,15,16). The number of nitrogens with two attached hydrogens (primary N) is 1. The summed E-state index contributed by atoms with van der Waals surface area (Å²) in [5.41, 5.74) is 7.64. The molecule has 0 aromatic carbocycles. The smallest absolute Gasteiger partial charge is 0.274 e. The van der Waals surface area contributed by atoms with Gasteiger partial charge in [-0.3, -0.25) is 9.89 Å². The van der Waals surface area contributed by atoms with E-state index in [1.807, 2.05) is 11.8 Å². The number of aromatic nitrogens is 2. The van der Waals surface area contributed by atoms with Crippen LogP contribution in [0.4, 0.5) is 5.69 Å². The van der Waals surface area contributed by atoms with E-state index in [1.165, 1.54) is 5.75 Å². The van der Waals surface area contributed by atoms with E-state index in [1.54, 1.807) is 0 Å². The molecule has 1 fully saturated rings. The van der Waals surface area contributed by atoms with Crippen molar-refractivity contribution in [1.82, 2.24) is 15.5 Å². The molecule has 1 aliphatic heterocycles. The highest BCUT2D eigenvalue weighted by Gasteiger charge is 2.21. The number of nitrogens with one attached hydrogen (secondary N) is 2. The number of hydrogen-bond donors (Lipinski definition) is 3. The largest absolute Gasteiger partial charge is 0.395 e. The van der Waals surface area contributed by atoms with Gasteiger partial charge in [0, 0.05) is 11.8 Å². The molecule has 18 heavy (non-hydrogen) atoms. The minimum absolute atomic E-state index is 0.154. The van der Waals surface area contributed by atoms with Gasteiger partial charge < -0.3 is 11.1 Å². The van der Waals surface area contributed by atoms with E-state index in [2.05, 4.69) is 22.4 Å². The number of nitrogens with zero attached hydrogens (tertiary/aromatic N) is 1. The van der Waals surface area contributed by atoms with Crippen molar-refractivity contribution < 1.29 is 4.79 Å². The van der Waals surface area contributed by atoms with Crippen molar-refractivity contribution in [2.45, 2.75) is 38.6 Å². The highest BCUT2D eigenvalue weighted by atomic mass is 32.2. The lowest BCUT2D eigenvalue weighted by molar-refractivity contribution is 0.0934. The van der Waals surface area contributed by atoms with Crippen molar-refractivity contribution in [3.63, 3.8) is 0 Å². The molecule has 0 bridgehead atoms. The summed E-state index contributed by atoms with van der Waals surface area (Å²) in [6, 6.07) is 0.252. The number of rotatable bonds is 4. The third kappa shape index (κ3) is 2.98. The van der Waals surface area contributed by atoms with Crippen LogP contribution in [0.5, 0.6) is 0 Å². The van der Waals surface area contributed by atoms with Crippen molar-refractivity contribution >= 4 is 23.4 Å². The highest BCUT2D eigenvalue weighted by molar-refractivity contribution is 7.99. The third-order valence-corrected chi connectivity index (χ3v) is 4.31. The van der Waals surface area contributed by atoms with Gasteiger partial charge in [0.1, 0.15) is 0 Å². The normalized spacial score (nSPS) is 19.7. The first kappa shape index (κ1) is 13.3. The number of hydrogen-bond acceptors (Lipinski definition) is 4. The number of carbonyl (C=O) groups excluding carboxylic acids is 1. The molecule has 100 valence electrons. The first-order valence-corrected chi connectivity index (χ1v) is 7.59. The van der Waals surface area contributed by atoms with Crippen LogP contribution in [0.25, 0.3) is 0 Å². The minimum atomic E-state index is -0.154. The summed E-state index contributed by atoms with van der Waals surface area (Å²) in [4.78, 5) is 12.1. The van der Waals surface area contributed by atoms with Gasteiger partial charge in [-0.05, 0) is 25.0 Å². The maximum absolute atomic E-state index is 12.1. The van der Waals surface area contributed by atoms with Crippen LogP contribution in [0.3, 0.4) is 0 Å². The maximum atomic E-state index is 12.1. The molecule has 0 aliphatic carbocycles. The molecular formula is C12H20N4OS. The number of aromatic amines is 1. The van der Waals surface area contributed by atoms with E-state index in [-0.39, 0.29) is 11.9 Å². The number of H-pyrrole nitrogens is 1. The fourth-order valence-electron chi connectivity index (χ4n) is 2.11. The predicted octanol–water partition coefficient (Wildman–Crippen LogP) is 1.57. The Labute approximate surface area is 111 Å². The molecule has 0 spiro atoms. The molecule has 1 atom stereocenters. The van der Waals surface area contributed by atoms with E-state index in [0.29, 0.717) is 11.4 Å². The van der Waals surface area contributed by atoms with Crippen LogP contribution in [0.1, 0.15) is 42.4 Å². The van der Waals surface area contributed by atoms with Crippen molar-refractivity contribution in [3.05, 3.63) is 11.4 Å². The molecule has 4 N–H and O–H groups in total. The maximum Gasteiger partial charge on any atom is 0.274 e. The summed E-state index contributed by atoms with van der Waals surface area (Å²) < 4.78 is 0. The van der Waals surface area contributed by atoms with Crippen LogP contribution >= 0.6 is 11.8 Å². The average molecular weight is 268 g/mol. The van der Waals surface area contributed by atoms with E-state index in [4.69, 9.17) is 5.73 Å². The van der Waals surface area contributed by atoms with Gasteiger partial charge in [0.05, 0.1) is 11.4 Å². The number of anilines is 1. The Hall–Kier alpha value is -1.17. The number of aryl methyl sites for hydroxylation is 1. The summed E-state index contributed by atoms with van der Waals surface area (Å²) in [5, 5.41) is 9.89. The van der Waals surface area contributed by atoms with E-state index in [0.717, 1.165) is 37.1 Å².